The van der Waals surface area contributed by atoms with Crippen LogP contribution in [0.2, 0.25) is 0 Å². The fourth-order valence-electron chi connectivity index (χ4n) is 2.01. The van der Waals surface area contributed by atoms with E-state index in [1.165, 1.54) is 0 Å². The van der Waals surface area contributed by atoms with Crippen LogP contribution in [0, 0.1) is 0 Å². The Kier molecular flexibility index (Phi) is 2.93. The normalized spacial score (nSPS) is 28.1. The van der Waals surface area contributed by atoms with Crippen LogP contribution in [0.1, 0.15) is 13.0 Å². The van der Waals surface area contributed by atoms with E-state index in [-0.39, 0.29) is 6.04 Å². The second kappa shape index (κ2) is 4.23. The molecule has 2 rings (SSSR count). The van der Waals surface area contributed by atoms with Crippen molar-refractivity contribution in [1.29, 1.82) is 0 Å². The molecular weight excluding hydrogens is 210 g/mol. The van der Waals surface area contributed by atoms with Crippen molar-refractivity contribution in [2.75, 3.05) is 13.1 Å². The molecule has 16 heavy (non-hydrogen) atoms. The first-order chi connectivity index (χ1) is 7.59. The van der Waals surface area contributed by atoms with Gasteiger partial charge in [0.1, 0.15) is 6.04 Å². The van der Waals surface area contributed by atoms with Crippen molar-refractivity contribution < 1.29 is 15.0 Å². The number of hydrogen-bond donors (Lipinski definition) is 2. The molecule has 6 nitrogen and oxygen atoms in total. The Morgan fingerprint density at radius 3 is 2.88 bits per heavy atom. The Bertz CT molecular complexity index is 365. The largest absolute Gasteiger partial charge is 0.480 e. The van der Waals surface area contributed by atoms with Gasteiger partial charge < -0.3 is 10.2 Å². The summed E-state index contributed by atoms with van der Waals surface area (Å²) in [6.45, 7) is 2.51. The van der Waals surface area contributed by atoms with E-state index < -0.39 is 18.1 Å². The number of β-amino-alcohol motifs (C(OH)–C–C–N with tert-alkyl or cyclic N) is 1. The monoisotopic (exact) mass is 225 g/mol. The van der Waals surface area contributed by atoms with Gasteiger partial charge in [-0.2, -0.15) is 5.10 Å². The van der Waals surface area contributed by atoms with Gasteiger partial charge in [-0.05, 0) is 13.0 Å². The molecule has 1 aromatic rings. The van der Waals surface area contributed by atoms with Crippen molar-refractivity contribution in [3.05, 3.63) is 18.5 Å². The van der Waals surface area contributed by atoms with Gasteiger partial charge in [0, 0.05) is 25.5 Å². The van der Waals surface area contributed by atoms with Crippen molar-refractivity contribution in [3.63, 3.8) is 0 Å². The molecule has 3 atom stereocenters. The van der Waals surface area contributed by atoms with Gasteiger partial charge in [-0.3, -0.25) is 14.4 Å². The molecule has 0 spiro atoms. The summed E-state index contributed by atoms with van der Waals surface area (Å²) in [6, 6.07) is 1.06. The first-order valence-corrected chi connectivity index (χ1v) is 5.23. The van der Waals surface area contributed by atoms with E-state index >= 15 is 0 Å². The van der Waals surface area contributed by atoms with Gasteiger partial charge in [-0.15, -0.1) is 0 Å². The Labute approximate surface area is 93.1 Å². The van der Waals surface area contributed by atoms with Crippen molar-refractivity contribution in [2.24, 2.45) is 0 Å². The molecule has 0 aromatic carbocycles. The lowest BCUT2D eigenvalue weighted by Crippen LogP contribution is -2.37. The number of carbonyl (C=O) groups is 1. The number of rotatable bonds is 3. The number of carboxylic acid groups (broad SMARTS) is 1. The van der Waals surface area contributed by atoms with Crippen LogP contribution in [-0.4, -0.2) is 56.1 Å². The Morgan fingerprint density at radius 1 is 1.56 bits per heavy atom. The summed E-state index contributed by atoms with van der Waals surface area (Å²) in [5, 5.41) is 22.8. The first-order valence-electron chi connectivity index (χ1n) is 5.23. The van der Waals surface area contributed by atoms with Crippen LogP contribution in [0.4, 0.5) is 0 Å². The standard InChI is InChI=1S/C10H15N3O3/c1-7(10(15)16)12-5-8(9(14)6-12)13-4-2-3-11-13/h2-4,7-9,14H,5-6H2,1H3,(H,15,16)/t7-,8-,9-/m1/s1. The summed E-state index contributed by atoms with van der Waals surface area (Å²) in [6.07, 6.45) is 2.86. The minimum atomic E-state index is -0.867. The number of nitrogens with zero attached hydrogens (tertiary/aromatic N) is 3. The summed E-state index contributed by atoms with van der Waals surface area (Å²) >= 11 is 0. The predicted octanol–water partition coefficient (Wildman–Crippen LogP) is -0.426. The quantitative estimate of drug-likeness (QED) is 0.730. The Hall–Kier alpha value is -1.40. The first kappa shape index (κ1) is 11.1. The van der Waals surface area contributed by atoms with E-state index in [0.29, 0.717) is 13.1 Å². The topological polar surface area (TPSA) is 78.6 Å². The lowest BCUT2D eigenvalue weighted by Gasteiger charge is -2.19. The smallest absolute Gasteiger partial charge is 0.320 e. The zero-order valence-corrected chi connectivity index (χ0v) is 9.02. The minimum absolute atomic E-state index is 0.156. The van der Waals surface area contributed by atoms with E-state index in [0.717, 1.165) is 0 Å². The van der Waals surface area contributed by atoms with Crippen molar-refractivity contribution in [1.82, 2.24) is 14.7 Å². The molecule has 88 valence electrons. The molecule has 1 fully saturated rings. The van der Waals surface area contributed by atoms with Gasteiger partial charge in [-0.1, -0.05) is 0 Å². The van der Waals surface area contributed by atoms with E-state index in [4.69, 9.17) is 5.11 Å². The number of likely N-dealkylation sites (tertiary alicyclic amines) is 1. The van der Waals surface area contributed by atoms with Crippen LogP contribution < -0.4 is 0 Å². The van der Waals surface area contributed by atoms with Crippen molar-refractivity contribution in [2.45, 2.75) is 25.1 Å². The maximum absolute atomic E-state index is 10.8. The molecule has 0 saturated carbocycles. The van der Waals surface area contributed by atoms with Gasteiger partial charge in [0.2, 0.25) is 0 Å². The summed E-state index contributed by atoms with van der Waals surface area (Å²) < 4.78 is 1.68. The molecule has 1 aliphatic heterocycles. The number of carboxylic acids is 1. The second-order valence-electron chi connectivity index (χ2n) is 4.09. The van der Waals surface area contributed by atoms with Crippen molar-refractivity contribution >= 4 is 5.97 Å². The fraction of sp³-hybridized carbons (Fsp3) is 0.600. The second-order valence-corrected chi connectivity index (χ2v) is 4.09. The molecule has 1 aliphatic rings. The average molecular weight is 225 g/mol. The van der Waals surface area contributed by atoms with Crippen LogP contribution >= 0.6 is 0 Å². The Balaban J connectivity index is 2.07. The van der Waals surface area contributed by atoms with E-state index in [9.17, 15) is 9.90 Å². The molecule has 0 radical (unpaired) electrons. The molecule has 6 heteroatoms. The molecule has 2 N–H and O–H groups in total. The maximum atomic E-state index is 10.8. The summed E-state index contributed by atoms with van der Waals surface area (Å²) in [5.41, 5.74) is 0. The number of aliphatic carboxylic acids is 1. The van der Waals surface area contributed by atoms with Crippen LogP contribution in [0.3, 0.4) is 0 Å². The molecule has 0 aliphatic carbocycles. The maximum Gasteiger partial charge on any atom is 0.320 e. The van der Waals surface area contributed by atoms with Crippen LogP contribution in [0.15, 0.2) is 18.5 Å². The highest BCUT2D eigenvalue weighted by molar-refractivity contribution is 5.72. The van der Waals surface area contributed by atoms with Crippen molar-refractivity contribution in [3.8, 4) is 0 Å². The van der Waals surface area contributed by atoms with E-state index in [1.807, 2.05) is 0 Å². The number of hydrogen-bond acceptors (Lipinski definition) is 4. The third kappa shape index (κ3) is 1.94. The van der Waals surface area contributed by atoms with Gasteiger partial charge in [0.25, 0.3) is 0 Å². The highest BCUT2D eigenvalue weighted by Crippen LogP contribution is 2.23. The van der Waals surface area contributed by atoms with E-state index in [2.05, 4.69) is 5.10 Å². The average Bonchev–Trinajstić information content (AvgIpc) is 2.84. The van der Waals surface area contributed by atoms with Crippen LogP contribution in [0.25, 0.3) is 0 Å². The number of aliphatic hydroxyl groups is 1. The molecule has 0 unspecified atom stereocenters. The number of aliphatic hydroxyl groups excluding tert-OH is 1. The zero-order chi connectivity index (χ0) is 11.7. The minimum Gasteiger partial charge on any atom is -0.480 e. The Morgan fingerprint density at radius 2 is 2.31 bits per heavy atom. The summed E-state index contributed by atoms with van der Waals surface area (Å²) in [5.74, 6) is -0.867. The summed E-state index contributed by atoms with van der Waals surface area (Å²) in [7, 11) is 0. The SMILES string of the molecule is C[C@H](C(=O)O)N1C[C@@H](O)[C@H](n2cccn2)C1. The van der Waals surface area contributed by atoms with Gasteiger partial charge >= 0.3 is 5.97 Å². The molecule has 1 aromatic heterocycles. The van der Waals surface area contributed by atoms with Gasteiger partial charge in [0.05, 0.1) is 12.1 Å². The van der Waals surface area contributed by atoms with Gasteiger partial charge in [-0.25, -0.2) is 0 Å². The number of aromatic nitrogens is 2. The third-order valence-electron chi connectivity index (χ3n) is 3.06. The van der Waals surface area contributed by atoms with E-state index in [1.54, 1.807) is 35.0 Å². The predicted molar refractivity (Wildman–Crippen MR) is 55.9 cm³/mol. The van der Waals surface area contributed by atoms with Crippen LogP contribution in [-0.2, 0) is 4.79 Å². The molecular formula is C10H15N3O3. The summed E-state index contributed by atoms with van der Waals surface area (Å²) in [4.78, 5) is 12.6. The van der Waals surface area contributed by atoms with Crippen LogP contribution in [0.5, 0.6) is 0 Å². The third-order valence-corrected chi connectivity index (χ3v) is 3.06. The molecule has 0 bridgehead atoms. The fourth-order valence-corrected chi connectivity index (χ4v) is 2.01. The highest BCUT2D eigenvalue weighted by atomic mass is 16.4. The zero-order valence-electron chi connectivity index (χ0n) is 9.02. The molecule has 0 amide bonds. The highest BCUT2D eigenvalue weighted by Gasteiger charge is 2.37. The lowest BCUT2D eigenvalue weighted by atomic mass is 10.2. The lowest BCUT2D eigenvalue weighted by molar-refractivity contribution is -0.142. The molecule has 1 saturated heterocycles. The van der Waals surface area contributed by atoms with Gasteiger partial charge in [0.15, 0.2) is 0 Å². The molecule has 2 heterocycles.